The molecule has 7 heteroatoms. The van der Waals surface area contributed by atoms with Gasteiger partial charge in [-0.05, 0) is 36.6 Å². The van der Waals surface area contributed by atoms with Gasteiger partial charge in [0, 0.05) is 37.8 Å². The van der Waals surface area contributed by atoms with Gasteiger partial charge in [-0.15, -0.1) is 0 Å². The number of benzene rings is 1. The summed E-state index contributed by atoms with van der Waals surface area (Å²) in [5.74, 6) is 0. The largest absolute Gasteiger partial charge is 0.282 e. The Morgan fingerprint density at radius 1 is 1.20 bits per heavy atom. The molecule has 1 aromatic carbocycles. The van der Waals surface area contributed by atoms with Gasteiger partial charge < -0.3 is 0 Å². The van der Waals surface area contributed by atoms with E-state index in [-0.39, 0.29) is 6.04 Å². The third kappa shape index (κ3) is 3.87. The van der Waals surface area contributed by atoms with Crippen molar-refractivity contribution < 1.29 is 8.42 Å². The monoisotopic (exact) mass is 379 g/mol. The topological polar surface area (TPSA) is 53.5 Å². The van der Waals surface area contributed by atoms with Crippen LogP contribution in [0.3, 0.4) is 0 Å². The molecule has 1 aliphatic rings. The van der Waals surface area contributed by atoms with Crippen molar-refractivity contribution in [1.29, 1.82) is 0 Å². The number of hydrogen-bond acceptors (Lipinski definition) is 3. The van der Waals surface area contributed by atoms with Gasteiger partial charge in [-0.25, -0.2) is 0 Å². The zero-order valence-corrected chi connectivity index (χ0v) is 16.0. The zero-order valence-electron chi connectivity index (χ0n) is 14.4. The summed E-state index contributed by atoms with van der Waals surface area (Å²) < 4.78 is 27.9. The van der Waals surface area contributed by atoms with Crippen LogP contribution in [0.2, 0.25) is 5.02 Å². The van der Waals surface area contributed by atoms with Crippen LogP contribution < -0.4 is 0 Å². The molecule has 0 saturated carbocycles. The molecule has 0 aliphatic carbocycles. The van der Waals surface area contributed by atoms with E-state index in [1.165, 1.54) is 4.31 Å². The van der Waals surface area contributed by atoms with Gasteiger partial charge in [-0.2, -0.15) is 17.0 Å². The summed E-state index contributed by atoms with van der Waals surface area (Å²) in [6, 6.07) is 13.3. The average molecular weight is 380 g/mol. The van der Waals surface area contributed by atoms with Crippen LogP contribution in [0.5, 0.6) is 0 Å². The van der Waals surface area contributed by atoms with Gasteiger partial charge in [0.05, 0.1) is 11.7 Å². The number of pyridine rings is 1. The second-order valence-corrected chi connectivity index (χ2v) is 8.88. The first-order valence-corrected chi connectivity index (χ1v) is 10.1. The Hall–Kier alpha value is -1.47. The summed E-state index contributed by atoms with van der Waals surface area (Å²) in [4.78, 5) is 4.73. The number of aromatic nitrogens is 1. The van der Waals surface area contributed by atoms with Crippen LogP contribution in [-0.2, 0) is 16.6 Å². The van der Waals surface area contributed by atoms with Crippen molar-refractivity contribution in [2.75, 3.05) is 20.6 Å². The van der Waals surface area contributed by atoms with E-state index in [1.807, 2.05) is 42.5 Å². The molecular formula is C18H22ClN3O2S. The fourth-order valence-corrected chi connectivity index (χ4v) is 4.66. The summed E-state index contributed by atoms with van der Waals surface area (Å²) in [6.45, 7) is 0.529. The highest BCUT2D eigenvalue weighted by atomic mass is 35.5. The van der Waals surface area contributed by atoms with Crippen molar-refractivity contribution in [3.63, 3.8) is 0 Å². The second kappa shape index (κ2) is 7.41. The molecule has 0 spiro atoms. The Labute approximate surface area is 154 Å². The van der Waals surface area contributed by atoms with Crippen LogP contribution in [0.4, 0.5) is 0 Å². The Bertz CT molecular complexity index is 855. The predicted octanol–water partition coefficient (Wildman–Crippen LogP) is 3.27. The molecule has 1 atom stereocenters. The summed E-state index contributed by atoms with van der Waals surface area (Å²) >= 11 is 6.24. The first-order valence-electron chi connectivity index (χ1n) is 8.28. The van der Waals surface area contributed by atoms with Crippen molar-refractivity contribution >= 4 is 21.8 Å². The predicted molar refractivity (Wildman–Crippen MR) is 99.8 cm³/mol. The van der Waals surface area contributed by atoms with E-state index >= 15 is 0 Å². The number of rotatable bonds is 5. The molecule has 1 saturated heterocycles. The van der Waals surface area contributed by atoms with Crippen LogP contribution in [-0.4, -0.2) is 42.7 Å². The molecule has 1 aromatic heterocycles. The molecule has 0 N–H and O–H groups in total. The van der Waals surface area contributed by atoms with E-state index < -0.39 is 10.2 Å². The zero-order chi connectivity index (χ0) is 18.0. The quantitative estimate of drug-likeness (QED) is 0.801. The highest BCUT2D eigenvalue weighted by molar-refractivity contribution is 7.86. The maximum Gasteiger partial charge on any atom is 0.282 e. The van der Waals surface area contributed by atoms with Crippen LogP contribution in [0.15, 0.2) is 42.5 Å². The van der Waals surface area contributed by atoms with Gasteiger partial charge in [0.1, 0.15) is 0 Å². The van der Waals surface area contributed by atoms with Crippen LogP contribution >= 0.6 is 11.6 Å². The third-order valence-electron chi connectivity index (χ3n) is 4.46. The first-order chi connectivity index (χ1) is 11.9. The number of nitrogens with zero attached hydrogens (tertiary/aromatic N) is 3. The summed E-state index contributed by atoms with van der Waals surface area (Å²) in [6.07, 6.45) is 2.25. The van der Waals surface area contributed by atoms with Gasteiger partial charge >= 0.3 is 0 Å². The molecule has 0 bridgehead atoms. The molecule has 0 unspecified atom stereocenters. The maximum absolute atomic E-state index is 12.5. The molecule has 2 aromatic rings. The lowest BCUT2D eigenvalue weighted by molar-refractivity contribution is 0.357. The fraction of sp³-hybridized carbons (Fsp3) is 0.389. The van der Waals surface area contributed by atoms with E-state index in [0.717, 1.165) is 29.8 Å². The third-order valence-corrected chi connectivity index (χ3v) is 6.78. The highest BCUT2D eigenvalue weighted by Gasteiger charge is 2.37. The molecular weight excluding hydrogens is 358 g/mol. The Kier molecular flexibility index (Phi) is 5.43. The lowest BCUT2D eigenvalue weighted by Gasteiger charge is -2.26. The molecule has 1 aliphatic heterocycles. The van der Waals surface area contributed by atoms with Crippen molar-refractivity contribution in [2.45, 2.75) is 25.3 Å². The number of halogens is 1. The van der Waals surface area contributed by atoms with Gasteiger partial charge in [0.2, 0.25) is 0 Å². The van der Waals surface area contributed by atoms with Gasteiger partial charge in [0.25, 0.3) is 10.2 Å². The van der Waals surface area contributed by atoms with Crippen molar-refractivity contribution in [1.82, 2.24) is 13.6 Å². The standard InChI is InChI=1S/C18H22ClN3O2S/c1-21(2)25(23,24)22-12-6-11-18(22)17-10-5-8-15(20-17)13-14-7-3-4-9-16(14)19/h3-5,7-10,18H,6,11-13H2,1-2H3/t18-/m1/s1. The molecule has 0 amide bonds. The van der Waals surface area contributed by atoms with Gasteiger partial charge in [0.15, 0.2) is 0 Å². The van der Waals surface area contributed by atoms with E-state index in [4.69, 9.17) is 16.6 Å². The first kappa shape index (κ1) is 18.3. The SMILES string of the molecule is CN(C)S(=O)(=O)N1CCC[C@@H]1c1cccc(Cc2ccccc2Cl)n1. The van der Waals surface area contributed by atoms with Gasteiger partial charge in [-0.3, -0.25) is 4.98 Å². The van der Waals surface area contributed by atoms with Crippen molar-refractivity contribution in [2.24, 2.45) is 0 Å². The Morgan fingerprint density at radius 2 is 1.96 bits per heavy atom. The average Bonchev–Trinajstić information content (AvgIpc) is 3.07. The minimum absolute atomic E-state index is 0.210. The smallest absolute Gasteiger partial charge is 0.256 e. The highest BCUT2D eigenvalue weighted by Crippen LogP contribution is 2.34. The summed E-state index contributed by atoms with van der Waals surface area (Å²) in [5.41, 5.74) is 2.70. The molecule has 0 radical (unpaired) electrons. The molecule has 3 rings (SSSR count). The van der Waals surface area contributed by atoms with Crippen LogP contribution in [0.25, 0.3) is 0 Å². The number of hydrogen-bond donors (Lipinski definition) is 0. The fourth-order valence-electron chi connectivity index (χ4n) is 3.14. The maximum atomic E-state index is 12.5. The van der Waals surface area contributed by atoms with Crippen LogP contribution in [0, 0.1) is 0 Å². The van der Waals surface area contributed by atoms with E-state index in [9.17, 15) is 8.42 Å². The lowest BCUT2D eigenvalue weighted by Crippen LogP contribution is -2.39. The molecule has 134 valence electrons. The van der Waals surface area contributed by atoms with Crippen molar-refractivity contribution in [3.05, 3.63) is 64.4 Å². The van der Waals surface area contributed by atoms with Gasteiger partial charge in [-0.1, -0.05) is 35.9 Å². The molecule has 1 fully saturated rings. The van der Waals surface area contributed by atoms with Crippen LogP contribution in [0.1, 0.15) is 35.8 Å². The van der Waals surface area contributed by atoms with E-state index in [2.05, 4.69) is 0 Å². The van der Waals surface area contributed by atoms with Crippen molar-refractivity contribution in [3.8, 4) is 0 Å². The lowest BCUT2D eigenvalue weighted by atomic mass is 10.1. The van der Waals surface area contributed by atoms with E-state index in [0.29, 0.717) is 18.0 Å². The Morgan fingerprint density at radius 3 is 2.68 bits per heavy atom. The minimum atomic E-state index is -3.45. The molecule has 25 heavy (non-hydrogen) atoms. The summed E-state index contributed by atoms with van der Waals surface area (Å²) in [7, 11) is -0.324. The molecule has 5 nitrogen and oxygen atoms in total. The Balaban J connectivity index is 1.87. The summed E-state index contributed by atoms with van der Waals surface area (Å²) in [5, 5.41) is 0.715. The second-order valence-electron chi connectivity index (χ2n) is 6.38. The molecule has 2 heterocycles. The minimum Gasteiger partial charge on any atom is -0.256 e. The normalized spacial score (nSPS) is 18.8. The van der Waals surface area contributed by atoms with E-state index in [1.54, 1.807) is 18.4 Å².